The first-order valence-corrected chi connectivity index (χ1v) is 6.00. The van der Waals surface area contributed by atoms with Crippen molar-refractivity contribution in [1.29, 1.82) is 0 Å². The summed E-state index contributed by atoms with van der Waals surface area (Å²) in [5, 5.41) is 9.40. The Morgan fingerprint density at radius 3 is 2.41 bits per heavy atom. The fourth-order valence-corrected chi connectivity index (χ4v) is 1.61. The lowest BCUT2D eigenvalue weighted by Gasteiger charge is -2.19. The lowest BCUT2D eigenvalue weighted by atomic mass is 10.2. The zero-order valence-corrected chi connectivity index (χ0v) is 11.2. The van der Waals surface area contributed by atoms with Gasteiger partial charge in [-0.15, -0.1) is 0 Å². The summed E-state index contributed by atoms with van der Waals surface area (Å²) >= 11 is 0. The molecule has 1 aromatic heterocycles. The normalized spacial score (nSPS) is 12.8. The summed E-state index contributed by atoms with van der Waals surface area (Å²) in [5.74, 6) is 0.952. The molecule has 0 aliphatic heterocycles. The van der Waals surface area contributed by atoms with E-state index in [2.05, 4.69) is 28.9 Å². The molecule has 0 amide bonds. The largest absolute Gasteiger partial charge is 0.389 e. The van der Waals surface area contributed by atoms with Crippen LogP contribution in [0.5, 0.6) is 0 Å². The van der Waals surface area contributed by atoms with Crippen molar-refractivity contribution >= 4 is 5.82 Å². The van der Waals surface area contributed by atoms with Gasteiger partial charge in [-0.05, 0) is 45.6 Å². The van der Waals surface area contributed by atoms with Gasteiger partial charge in [-0.25, -0.2) is 4.98 Å². The third-order valence-electron chi connectivity index (χ3n) is 2.74. The summed E-state index contributed by atoms with van der Waals surface area (Å²) in [7, 11) is 6.20. The van der Waals surface area contributed by atoms with Crippen LogP contribution in [0.15, 0.2) is 18.3 Å². The van der Waals surface area contributed by atoms with Gasteiger partial charge in [0.05, 0.1) is 6.10 Å². The third kappa shape index (κ3) is 4.71. The average molecular weight is 237 g/mol. The maximum absolute atomic E-state index is 9.40. The molecule has 4 nitrogen and oxygen atoms in total. The maximum Gasteiger partial charge on any atom is 0.128 e. The molecule has 1 aromatic rings. The van der Waals surface area contributed by atoms with Crippen LogP contribution in [0.4, 0.5) is 5.82 Å². The van der Waals surface area contributed by atoms with Crippen molar-refractivity contribution in [3.63, 3.8) is 0 Å². The Balaban J connectivity index is 2.48. The van der Waals surface area contributed by atoms with Gasteiger partial charge >= 0.3 is 0 Å². The first kappa shape index (κ1) is 13.9. The molecule has 4 heteroatoms. The second kappa shape index (κ2) is 6.57. The number of aromatic nitrogens is 1. The minimum absolute atomic E-state index is 0.449. The van der Waals surface area contributed by atoms with Gasteiger partial charge in [0.15, 0.2) is 0 Å². The van der Waals surface area contributed by atoms with Gasteiger partial charge < -0.3 is 14.9 Å². The van der Waals surface area contributed by atoms with E-state index >= 15 is 0 Å². The van der Waals surface area contributed by atoms with Crippen molar-refractivity contribution in [3.05, 3.63) is 23.9 Å². The molecular formula is C13H23N3O. The number of pyridine rings is 1. The molecule has 1 atom stereocenters. The zero-order chi connectivity index (χ0) is 12.8. The first-order valence-electron chi connectivity index (χ1n) is 6.00. The van der Waals surface area contributed by atoms with Crippen molar-refractivity contribution in [2.24, 2.45) is 0 Å². The molecular weight excluding hydrogens is 214 g/mol. The number of anilines is 1. The lowest BCUT2D eigenvalue weighted by Crippen LogP contribution is -2.24. The lowest BCUT2D eigenvalue weighted by molar-refractivity contribution is 0.199. The van der Waals surface area contributed by atoms with Gasteiger partial charge in [0.1, 0.15) is 5.82 Å². The summed E-state index contributed by atoms with van der Waals surface area (Å²) in [6.07, 6.45) is 2.40. The molecule has 1 rings (SSSR count). The molecule has 0 bridgehead atoms. The summed E-state index contributed by atoms with van der Waals surface area (Å²) in [5.41, 5.74) is 0.857. The van der Waals surface area contributed by atoms with Crippen molar-refractivity contribution in [3.8, 4) is 0 Å². The minimum Gasteiger partial charge on any atom is -0.389 e. The standard InChI is InChI=1S/C13H23N3O/c1-11(17)12-6-7-13(14-10-12)16(4)9-5-8-15(2)3/h6-7,10-11,17H,5,8-9H2,1-4H3/t11-/m0/s1. The summed E-state index contributed by atoms with van der Waals surface area (Å²) in [6.45, 7) is 3.81. The van der Waals surface area contributed by atoms with E-state index in [1.54, 1.807) is 13.1 Å². The fraction of sp³-hybridized carbons (Fsp3) is 0.615. The number of hydrogen-bond acceptors (Lipinski definition) is 4. The smallest absolute Gasteiger partial charge is 0.128 e. The van der Waals surface area contributed by atoms with E-state index in [1.807, 2.05) is 19.2 Å². The maximum atomic E-state index is 9.40. The number of aliphatic hydroxyl groups is 1. The van der Waals surface area contributed by atoms with E-state index in [-0.39, 0.29) is 0 Å². The van der Waals surface area contributed by atoms with Crippen LogP contribution in [-0.2, 0) is 0 Å². The van der Waals surface area contributed by atoms with Crippen LogP contribution in [-0.4, -0.2) is 49.2 Å². The summed E-state index contributed by atoms with van der Waals surface area (Å²) in [6, 6.07) is 3.88. The molecule has 1 heterocycles. The van der Waals surface area contributed by atoms with Crippen LogP contribution < -0.4 is 4.90 Å². The molecule has 0 radical (unpaired) electrons. The number of aliphatic hydroxyl groups excluding tert-OH is 1. The van der Waals surface area contributed by atoms with Crippen LogP contribution >= 0.6 is 0 Å². The molecule has 96 valence electrons. The van der Waals surface area contributed by atoms with E-state index in [0.717, 1.165) is 30.9 Å². The average Bonchev–Trinajstić information content (AvgIpc) is 2.28. The SMILES string of the molecule is C[C@H](O)c1ccc(N(C)CCCN(C)C)nc1. The van der Waals surface area contributed by atoms with Gasteiger partial charge in [-0.1, -0.05) is 6.07 Å². The predicted molar refractivity (Wildman–Crippen MR) is 71.3 cm³/mol. The molecule has 1 N–H and O–H groups in total. The van der Waals surface area contributed by atoms with E-state index < -0.39 is 6.10 Å². The Morgan fingerprint density at radius 2 is 1.94 bits per heavy atom. The van der Waals surface area contributed by atoms with Crippen LogP contribution in [0.2, 0.25) is 0 Å². The predicted octanol–water partition coefficient (Wildman–Crippen LogP) is 1.52. The Hall–Kier alpha value is -1.13. The van der Waals surface area contributed by atoms with E-state index in [9.17, 15) is 5.11 Å². The van der Waals surface area contributed by atoms with Crippen molar-refractivity contribution in [2.45, 2.75) is 19.4 Å². The second-order valence-corrected chi connectivity index (χ2v) is 4.70. The number of nitrogens with zero attached hydrogens (tertiary/aromatic N) is 3. The van der Waals surface area contributed by atoms with Crippen molar-refractivity contribution in [1.82, 2.24) is 9.88 Å². The molecule has 0 fully saturated rings. The molecule has 0 saturated carbocycles. The molecule has 0 unspecified atom stereocenters. The van der Waals surface area contributed by atoms with Crippen LogP contribution in [0.1, 0.15) is 25.0 Å². The summed E-state index contributed by atoms with van der Waals surface area (Å²) < 4.78 is 0. The number of rotatable bonds is 6. The minimum atomic E-state index is -0.449. The topological polar surface area (TPSA) is 39.6 Å². The fourth-order valence-electron chi connectivity index (χ4n) is 1.61. The van der Waals surface area contributed by atoms with E-state index in [1.165, 1.54) is 0 Å². The van der Waals surface area contributed by atoms with Crippen LogP contribution in [0.25, 0.3) is 0 Å². The van der Waals surface area contributed by atoms with E-state index in [4.69, 9.17) is 0 Å². The Morgan fingerprint density at radius 1 is 1.24 bits per heavy atom. The highest BCUT2D eigenvalue weighted by molar-refractivity contribution is 5.38. The Labute approximate surface area is 104 Å². The molecule has 17 heavy (non-hydrogen) atoms. The van der Waals surface area contributed by atoms with Crippen molar-refractivity contribution < 1.29 is 5.11 Å². The van der Waals surface area contributed by atoms with Crippen LogP contribution in [0.3, 0.4) is 0 Å². The van der Waals surface area contributed by atoms with Gasteiger partial charge in [-0.2, -0.15) is 0 Å². The Bertz CT molecular complexity index is 322. The molecule has 0 aliphatic carbocycles. The van der Waals surface area contributed by atoms with Gasteiger partial charge in [-0.3, -0.25) is 0 Å². The monoisotopic (exact) mass is 237 g/mol. The molecule has 0 aliphatic rings. The Kier molecular flexibility index (Phi) is 5.38. The van der Waals surface area contributed by atoms with Crippen molar-refractivity contribution in [2.75, 3.05) is 39.1 Å². The highest BCUT2D eigenvalue weighted by Crippen LogP contribution is 2.14. The first-order chi connectivity index (χ1) is 8.00. The highest BCUT2D eigenvalue weighted by atomic mass is 16.3. The molecule has 0 spiro atoms. The summed E-state index contributed by atoms with van der Waals surface area (Å²) in [4.78, 5) is 8.66. The second-order valence-electron chi connectivity index (χ2n) is 4.70. The van der Waals surface area contributed by atoms with Gasteiger partial charge in [0.2, 0.25) is 0 Å². The van der Waals surface area contributed by atoms with Crippen LogP contribution in [0, 0.1) is 0 Å². The number of hydrogen-bond donors (Lipinski definition) is 1. The zero-order valence-electron chi connectivity index (χ0n) is 11.2. The molecule has 0 aromatic carbocycles. The van der Waals surface area contributed by atoms with Gasteiger partial charge in [0, 0.05) is 19.8 Å². The highest BCUT2D eigenvalue weighted by Gasteiger charge is 2.05. The third-order valence-corrected chi connectivity index (χ3v) is 2.74. The van der Waals surface area contributed by atoms with Gasteiger partial charge in [0.25, 0.3) is 0 Å². The van der Waals surface area contributed by atoms with E-state index in [0.29, 0.717) is 0 Å². The quantitative estimate of drug-likeness (QED) is 0.814. The molecule has 0 saturated heterocycles.